The molecule has 0 radical (unpaired) electrons. The van der Waals surface area contributed by atoms with Crippen LogP contribution in [-0.2, 0) is 0 Å². The summed E-state index contributed by atoms with van der Waals surface area (Å²) in [6.07, 6.45) is 3.27. The van der Waals surface area contributed by atoms with Gasteiger partial charge in [-0.25, -0.2) is 4.98 Å². The topological polar surface area (TPSA) is 62.4 Å². The minimum atomic E-state index is -0.245. The van der Waals surface area contributed by atoms with Crippen molar-refractivity contribution >= 4 is 27.4 Å². The Morgan fingerprint density at radius 1 is 1.60 bits per heavy atom. The summed E-state index contributed by atoms with van der Waals surface area (Å²) in [4.78, 5) is 6.36. The summed E-state index contributed by atoms with van der Waals surface area (Å²) in [5.74, 6) is 0.864. The van der Waals surface area contributed by atoms with Crippen LogP contribution in [-0.4, -0.2) is 29.3 Å². The molecule has 0 bridgehead atoms. The first kappa shape index (κ1) is 10.7. The average Bonchev–Trinajstić information content (AvgIpc) is 2.17. The van der Waals surface area contributed by atoms with Gasteiger partial charge in [0.1, 0.15) is 5.82 Å². The minimum absolute atomic E-state index is 0.245. The van der Waals surface area contributed by atoms with Crippen molar-refractivity contribution in [2.75, 3.05) is 23.7 Å². The Morgan fingerprint density at radius 3 is 3.07 bits per heavy atom. The maximum absolute atomic E-state index is 9.58. The molecule has 1 aromatic heterocycles. The molecule has 1 fully saturated rings. The van der Waals surface area contributed by atoms with Gasteiger partial charge in [0.25, 0.3) is 0 Å². The lowest BCUT2D eigenvalue weighted by Gasteiger charge is -2.31. The zero-order chi connectivity index (χ0) is 10.8. The molecule has 1 unspecified atom stereocenters. The molecule has 0 saturated carbocycles. The van der Waals surface area contributed by atoms with E-state index in [2.05, 4.69) is 25.8 Å². The maximum atomic E-state index is 9.58. The first-order valence-corrected chi connectivity index (χ1v) is 5.80. The van der Waals surface area contributed by atoms with Crippen LogP contribution in [0.25, 0.3) is 0 Å². The molecule has 0 aliphatic carbocycles. The molecule has 4 nitrogen and oxygen atoms in total. The predicted molar refractivity (Wildman–Crippen MR) is 63.8 cm³/mol. The van der Waals surface area contributed by atoms with Gasteiger partial charge in [0.2, 0.25) is 0 Å². The van der Waals surface area contributed by atoms with Gasteiger partial charge in [0, 0.05) is 13.1 Å². The third-order valence-electron chi connectivity index (χ3n) is 2.54. The fourth-order valence-electron chi connectivity index (χ4n) is 1.83. The van der Waals surface area contributed by atoms with E-state index in [4.69, 9.17) is 5.73 Å². The van der Waals surface area contributed by atoms with Crippen molar-refractivity contribution in [1.29, 1.82) is 0 Å². The number of aliphatic hydroxyl groups is 1. The Morgan fingerprint density at radius 2 is 2.40 bits per heavy atom. The molecule has 82 valence electrons. The van der Waals surface area contributed by atoms with E-state index in [9.17, 15) is 5.11 Å². The number of hydrogen-bond acceptors (Lipinski definition) is 4. The second kappa shape index (κ2) is 4.37. The number of β-amino-alcohol motifs (C(OH)–C–C–N with tert-alkyl or cyclic N) is 1. The van der Waals surface area contributed by atoms with Gasteiger partial charge in [-0.05, 0) is 34.8 Å². The van der Waals surface area contributed by atoms with E-state index in [0.29, 0.717) is 12.2 Å². The van der Waals surface area contributed by atoms with Gasteiger partial charge in [-0.2, -0.15) is 0 Å². The summed E-state index contributed by atoms with van der Waals surface area (Å²) in [5, 5.41) is 9.58. The number of aliphatic hydroxyl groups excluding tert-OH is 1. The van der Waals surface area contributed by atoms with Crippen LogP contribution in [0.4, 0.5) is 11.5 Å². The van der Waals surface area contributed by atoms with E-state index in [1.807, 2.05) is 6.07 Å². The summed E-state index contributed by atoms with van der Waals surface area (Å²) >= 11 is 3.44. The SMILES string of the molecule is Nc1cnc(N2CCCC(O)C2)c(Br)c1. The van der Waals surface area contributed by atoms with E-state index in [1.54, 1.807) is 6.20 Å². The second-order valence-electron chi connectivity index (χ2n) is 3.82. The van der Waals surface area contributed by atoms with Crippen molar-refractivity contribution in [3.8, 4) is 0 Å². The van der Waals surface area contributed by atoms with Gasteiger partial charge >= 0.3 is 0 Å². The molecular formula is C10H14BrN3O. The van der Waals surface area contributed by atoms with Crippen LogP contribution in [0.5, 0.6) is 0 Å². The summed E-state index contributed by atoms with van der Waals surface area (Å²) < 4.78 is 0.886. The van der Waals surface area contributed by atoms with Crippen LogP contribution in [0.3, 0.4) is 0 Å². The quantitative estimate of drug-likeness (QED) is 0.811. The van der Waals surface area contributed by atoms with Gasteiger partial charge < -0.3 is 15.7 Å². The highest BCUT2D eigenvalue weighted by molar-refractivity contribution is 9.10. The molecular weight excluding hydrogens is 258 g/mol. The van der Waals surface area contributed by atoms with E-state index in [0.717, 1.165) is 29.7 Å². The molecule has 0 amide bonds. The zero-order valence-electron chi connectivity index (χ0n) is 8.36. The largest absolute Gasteiger partial charge is 0.397 e. The van der Waals surface area contributed by atoms with Crippen molar-refractivity contribution in [3.63, 3.8) is 0 Å². The standard InChI is InChI=1S/C10H14BrN3O/c11-9-4-7(12)5-13-10(9)14-3-1-2-8(15)6-14/h4-5,8,15H,1-3,6,12H2. The Labute approximate surface area is 97.2 Å². The molecule has 0 spiro atoms. The lowest BCUT2D eigenvalue weighted by atomic mass is 10.1. The minimum Gasteiger partial charge on any atom is -0.397 e. The van der Waals surface area contributed by atoms with Crippen molar-refractivity contribution < 1.29 is 5.11 Å². The number of aromatic nitrogens is 1. The number of hydrogen-bond donors (Lipinski definition) is 2. The summed E-state index contributed by atoms with van der Waals surface area (Å²) in [7, 11) is 0. The number of nitrogens with zero attached hydrogens (tertiary/aromatic N) is 2. The van der Waals surface area contributed by atoms with E-state index < -0.39 is 0 Å². The number of piperidine rings is 1. The van der Waals surface area contributed by atoms with E-state index in [-0.39, 0.29) is 6.10 Å². The Hall–Kier alpha value is -0.810. The lowest BCUT2D eigenvalue weighted by Crippen LogP contribution is -2.38. The number of halogens is 1. The van der Waals surface area contributed by atoms with E-state index >= 15 is 0 Å². The predicted octanol–water partition coefficient (Wildman–Crippen LogP) is 1.39. The molecule has 1 aromatic rings. The molecule has 1 atom stereocenters. The molecule has 3 N–H and O–H groups in total. The Kier molecular flexibility index (Phi) is 3.11. The van der Waals surface area contributed by atoms with Crippen molar-refractivity contribution in [1.82, 2.24) is 4.98 Å². The van der Waals surface area contributed by atoms with Gasteiger partial charge in [-0.15, -0.1) is 0 Å². The molecule has 5 heteroatoms. The fraction of sp³-hybridized carbons (Fsp3) is 0.500. The number of pyridine rings is 1. The highest BCUT2D eigenvalue weighted by atomic mass is 79.9. The van der Waals surface area contributed by atoms with Crippen LogP contribution < -0.4 is 10.6 Å². The van der Waals surface area contributed by atoms with E-state index in [1.165, 1.54) is 0 Å². The number of anilines is 2. The van der Waals surface area contributed by atoms with Gasteiger partial charge in [-0.3, -0.25) is 0 Å². The molecule has 1 aliphatic heterocycles. The third kappa shape index (κ3) is 2.41. The molecule has 2 rings (SSSR count). The van der Waals surface area contributed by atoms with Crippen LogP contribution in [0.2, 0.25) is 0 Å². The number of rotatable bonds is 1. The molecule has 1 aliphatic rings. The number of nitrogen functional groups attached to an aromatic ring is 1. The van der Waals surface area contributed by atoms with Gasteiger partial charge in [0.15, 0.2) is 0 Å². The Balaban J connectivity index is 2.21. The molecule has 1 saturated heterocycles. The van der Waals surface area contributed by atoms with Crippen molar-refractivity contribution in [2.24, 2.45) is 0 Å². The van der Waals surface area contributed by atoms with Crippen LogP contribution >= 0.6 is 15.9 Å². The first-order chi connectivity index (χ1) is 7.16. The Bertz CT molecular complexity index is 359. The summed E-state index contributed by atoms with van der Waals surface area (Å²) in [6.45, 7) is 1.59. The lowest BCUT2D eigenvalue weighted by molar-refractivity contribution is 0.154. The van der Waals surface area contributed by atoms with Crippen LogP contribution in [0.1, 0.15) is 12.8 Å². The zero-order valence-corrected chi connectivity index (χ0v) is 9.94. The van der Waals surface area contributed by atoms with Crippen LogP contribution in [0, 0.1) is 0 Å². The summed E-state index contributed by atoms with van der Waals surface area (Å²) in [6, 6.07) is 1.84. The highest BCUT2D eigenvalue weighted by Gasteiger charge is 2.20. The normalized spacial score (nSPS) is 21.7. The monoisotopic (exact) mass is 271 g/mol. The average molecular weight is 272 g/mol. The molecule has 2 heterocycles. The number of nitrogens with two attached hydrogens (primary N) is 1. The van der Waals surface area contributed by atoms with Crippen molar-refractivity contribution in [3.05, 3.63) is 16.7 Å². The fourth-order valence-corrected chi connectivity index (χ4v) is 2.44. The smallest absolute Gasteiger partial charge is 0.143 e. The van der Waals surface area contributed by atoms with Crippen molar-refractivity contribution in [2.45, 2.75) is 18.9 Å². The van der Waals surface area contributed by atoms with Crippen LogP contribution in [0.15, 0.2) is 16.7 Å². The van der Waals surface area contributed by atoms with Gasteiger partial charge in [0.05, 0.1) is 22.5 Å². The molecule has 15 heavy (non-hydrogen) atoms. The third-order valence-corrected chi connectivity index (χ3v) is 3.12. The maximum Gasteiger partial charge on any atom is 0.143 e. The summed E-state index contributed by atoms with van der Waals surface area (Å²) in [5.41, 5.74) is 6.27. The van der Waals surface area contributed by atoms with Gasteiger partial charge in [-0.1, -0.05) is 0 Å². The highest BCUT2D eigenvalue weighted by Crippen LogP contribution is 2.27. The first-order valence-electron chi connectivity index (χ1n) is 5.01. The molecule has 0 aromatic carbocycles. The second-order valence-corrected chi connectivity index (χ2v) is 4.67.